The molecule has 6 nitrogen and oxygen atoms in total. The molecule has 1 amide bonds. The van der Waals surface area contributed by atoms with Crippen LogP contribution in [-0.2, 0) is 11.0 Å². The first-order valence-corrected chi connectivity index (χ1v) is 8.54. The molecule has 2 aliphatic rings. The van der Waals surface area contributed by atoms with Crippen LogP contribution in [-0.4, -0.2) is 40.3 Å². The van der Waals surface area contributed by atoms with E-state index in [2.05, 4.69) is 10.1 Å². The summed E-state index contributed by atoms with van der Waals surface area (Å²) in [5, 5.41) is 4.38. The van der Waals surface area contributed by atoms with E-state index in [1.54, 1.807) is 11.1 Å². The third-order valence-corrected chi connectivity index (χ3v) is 4.91. The number of amides is 1. The predicted molar refractivity (Wildman–Crippen MR) is 88.9 cm³/mol. The van der Waals surface area contributed by atoms with Crippen LogP contribution in [0.15, 0.2) is 30.7 Å². The number of hydrogen-bond acceptors (Lipinski definition) is 4. The van der Waals surface area contributed by atoms with Crippen LogP contribution < -0.4 is 9.80 Å². The quantitative estimate of drug-likeness (QED) is 0.839. The van der Waals surface area contributed by atoms with Crippen molar-refractivity contribution in [2.45, 2.75) is 31.5 Å². The van der Waals surface area contributed by atoms with Gasteiger partial charge in [0.15, 0.2) is 0 Å². The summed E-state index contributed by atoms with van der Waals surface area (Å²) in [7, 11) is 0. The highest BCUT2D eigenvalue weighted by Crippen LogP contribution is 2.31. The van der Waals surface area contributed by atoms with E-state index in [0.717, 1.165) is 37.3 Å². The van der Waals surface area contributed by atoms with Crippen molar-refractivity contribution in [1.82, 2.24) is 14.8 Å². The highest BCUT2D eigenvalue weighted by molar-refractivity contribution is 5.95. The minimum Gasteiger partial charge on any atom is -0.354 e. The SMILES string of the molecule is O=C1CCCN1c1cnn(C2CCN(c3ccc(C(F)(F)F)cn3)C2)c1. The van der Waals surface area contributed by atoms with Gasteiger partial charge >= 0.3 is 6.18 Å². The number of hydrogen-bond donors (Lipinski definition) is 0. The van der Waals surface area contributed by atoms with E-state index in [1.807, 2.05) is 15.8 Å². The lowest BCUT2D eigenvalue weighted by molar-refractivity contribution is -0.137. The zero-order valence-electron chi connectivity index (χ0n) is 14.0. The standard InChI is InChI=1S/C17H18F3N5O/c18-17(19,20)12-3-4-15(21-8-12)23-7-5-13(10-23)25-11-14(9-22-25)24-6-1-2-16(24)26/h3-4,8-9,11,13H,1-2,5-7,10H2. The van der Waals surface area contributed by atoms with Gasteiger partial charge in [-0.05, 0) is 25.0 Å². The number of alkyl halides is 3. The van der Waals surface area contributed by atoms with Crippen molar-refractivity contribution >= 4 is 17.4 Å². The van der Waals surface area contributed by atoms with Crippen molar-refractivity contribution in [2.75, 3.05) is 29.4 Å². The van der Waals surface area contributed by atoms with E-state index >= 15 is 0 Å². The van der Waals surface area contributed by atoms with E-state index < -0.39 is 11.7 Å². The third kappa shape index (κ3) is 3.13. The molecule has 2 aliphatic heterocycles. The molecule has 0 spiro atoms. The summed E-state index contributed by atoms with van der Waals surface area (Å²) >= 11 is 0. The highest BCUT2D eigenvalue weighted by Gasteiger charge is 2.32. The summed E-state index contributed by atoms with van der Waals surface area (Å²) in [6.45, 7) is 2.03. The molecule has 0 aliphatic carbocycles. The smallest absolute Gasteiger partial charge is 0.354 e. The van der Waals surface area contributed by atoms with Crippen molar-refractivity contribution in [2.24, 2.45) is 0 Å². The number of pyridine rings is 1. The third-order valence-electron chi connectivity index (χ3n) is 4.91. The first-order chi connectivity index (χ1) is 12.4. The summed E-state index contributed by atoms with van der Waals surface area (Å²) in [6, 6.07) is 2.56. The lowest BCUT2D eigenvalue weighted by Gasteiger charge is -2.18. The predicted octanol–water partition coefficient (Wildman–Crippen LogP) is 2.88. The average molecular weight is 365 g/mol. The molecule has 4 rings (SSSR count). The van der Waals surface area contributed by atoms with E-state index in [9.17, 15) is 18.0 Å². The van der Waals surface area contributed by atoms with Crippen LogP contribution in [0, 0.1) is 0 Å². The number of halogens is 3. The highest BCUT2D eigenvalue weighted by atomic mass is 19.4. The van der Waals surface area contributed by atoms with Gasteiger partial charge in [-0.15, -0.1) is 0 Å². The minimum atomic E-state index is -4.38. The van der Waals surface area contributed by atoms with Crippen molar-refractivity contribution in [3.63, 3.8) is 0 Å². The lowest BCUT2D eigenvalue weighted by atomic mass is 10.2. The Morgan fingerprint density at radius 3 is 2.65 bits per heavy atom. The van der Waals surface area contributed by atoms with Gasteiger partial charge in [-0.3, -0.25) is 9.48 Å². The van der Waals surface area contributed by atoms with Crippen LogP contribution in [0.25, 0.3) is 0 Å². The molecule has 4 heterocycles. The Morgan fingerprint density at radius 1 is 1.15 bits per heavy atom. The summed E-state index contributed by atoms with van der Waals surface area (Å²) in [6.07, 6.45) is 2.31. The number of aromatic nitrogens is 3. The van der Waals surface area contributed by atoms with Gasteiger partial charge in [0.1, 0.15) is 5.82 Å². The fraction of sp³-hybridized carbons (Fsp3) is 0.471. The molecule has 26 heavy (non-hydrogen) atoms. The molecule has 0 radical (unpaired) electrons. The molecular weight excluding hydrogens is 347 g/mol. The second-order valence-electron chi connectivity index (χ2n) is 6.62. The monoisotopic (exact) mass is 365 g/mol. The van der Waals surface area contributed by atoms with Gasteiger partial charge in [-0.25, -0.2) is 4.98 Å². The van der Waals surface area contributed by atoms with E-state index in [4.69, 9.17) is 0 Å². The topological polar surface area (TPSA) is 54.3 Å². The number of rotatable bonds is 3. The Bertz CT molecular complexity index is 801. The Labute approximate surface area is 148 Å². The van der Waals surface area contributed by atoms with E-state index in [0.29, 0.717) is 25.3 Å². The molecule has 138 valence electrons. The maximum absolute atomic E-state index is 12.6. The van der Waals surface area contributed by atoms with E-state index in [-0.39, 0.29) is 11.9 Å². The van der Waals surface area contributed by atoms with Gasteiger partial charge < -0.3 is 9.80 Å². The molecule has 1 unspecified atom stereocenters. The molecular formula is C17H18F3N5O. The fourth-order valence-electron chi connectivity index (χ4n) is 3.49. The Morgan fingerprint density at radius 2 is 2.00 bits per heavy atom. The molecule has 2 aromatic rings. The van der Waals surface area contributed by atoms with Gasteiger partial charge in [-0.2, -0.15) is 18.3 Å². The minimum absolute atomic E-state index is 0.102. The van der Waals surface area contributed by atoms with Crippen LogP contribution in [0.5, 0.6) is 0 Å². The second-order valence-corrected chi connectivity index (χ2v) is 6.62. The number of anilines is 2. The Hall–Kier alpha value is -2.58. The summed E-state index contributed by atoms with van der Waals surface area (Å²) in [4.78, 5) is 19.5. The fourth-order valence-corrected chi connectivity index (χ4v) is 3.49. The molecule has 0 saturated carbocycles. The molecule has 0 bridgehead atoms. The van der Waals surface area contributed by atoms with Crippen LogP contribution >= 0.6 is 0 Å². The second kappa shape index (κ2) is 6.30. The van der Waals surface area contributed by atoms with Crippen molar-refractivity contribution in [3.05, 3.63) is 36.3 Å². The zero-order valence-corrected chi connectivity index (χ0v) is 14.0. The first-order valence-electron chi connectivity index (χ1n) is 8.54. The summed E-state index contributed by atoms with van der Waals surface area (Å²) in [5.74, 6) is 0.647. The van der Waals surface area contributed by atoms with Crippen LogP contribution in [0.1, 0.15) is 30.9 Å². The van der Waals surface area contributed by atoms with Crippen LogP contribution in [0.2, 0.25) is 0 Å². The van der Waals surface area contributed by atoms with Gasteiger partial charge in [-0.1, -0.05) is 0 Å². The van der Waals surface area contributed by atoms with Gasteiger partial charge in [0.25, 0.3) is 0 Å². The molecule has 9 heteroatoms. The first kappa shape index (κ1) is 16.9. The van der Waals surface area contributed by atoms with Gasteiger partial charge in [0.05, 0.1) is 23.5 Å². The average Bonchev–Trinajstić information content (AvgIpc) is 3.33. The summed E-state index contributed by atoms with van der Waals surface area (Å²) in [5.41, 5.74) is 0.0580. The largest absolute Gasteiger partial charge is 0.417 e. The normalized spacial score (nSPS) is 21.0. The van der Waals surface area contributed by atoms with Crippen molar-refractivity contribution in [1.29, 1.82) is 0 Å². The molecule has 2 saturated heterocycles. The molecule has 2 aromatic heterocycles. The maximum atomic E-state index is 12.6. The zero-order chi connectivity index (χ0) is 18.3. The van der Waals surface area contributed by atoms with Crippen LogP contribution in [0.4, 0.5) is 24.7 Å². The van der Waals surface area contributed by atoms with Crippen molar-refractivity contribution < 1.29 is 18.0 Å². The van der Waals surface area contributed by atoms with Crippen LogP contribution in [0.3, 0.4) is 0 Å². The van der Waals surface area contributed by atoms with Gasteiger partial charge in [0, 0.05) is 38.4 Å². The Balaban J connectivity index is 1.44. The molecule has 0 aromatic carbocycles. The maximum Gasteiger partial charge on any atom is 0.417 e. The van der Waals surface area contributed by atoms with Crippen molar-refractivity contribution in [3.8, 4) is 0 Å². The number of nitrogens with zero attached hydrogens (tertiary/aromatic N) is 5. The summed E-state index contributed by atoms with van der Waals surface area (Å²) < 4.78 is 39.8. The molecule has 0 N–H and O–H groups in total. The number of carbonyl (C=O) groups is 1. The van der Waals surface area contributed by atoms with Gasteiger partial charge in [0.2, 0.25) is 5.91 Å². The molecule has 1 atom stereocenters. The lowest BCUT2D eigenvalue weighted by Crippen LogP contribution is -2.23. The molecule has 2 fully saturated rings. The Kier molecular flexibility index (Phi) is 4.08. The van der Waals surface area contributed by atoms with E-state index in [1.165, 1.54) is 6.07 Å². The number of carbonyl (C=O) groups excluding carboxylic acids is 1.